The molecule has 1 atom stereocenters. The second-order valence-corrected chi connectivity index (χ2v) is 9.87. The molecule has 2 aliphatic heterocycles. The van der Waals surface area contributed by atoms with Crippen molar-refractivity contribution in [3.8, 4) is 11.5 Å². The number of amides is 2. The van der Waals surface area contributed by atoms with Crippen LogP contribution in [0, 0.1) is 0 Å². The first-order chi connectivity index (χ1) is 14.2. The number of sulfonamides is 1. The molecule has 3 N–H and O–H groups in total. The third-order valence-electron chi connectivity index (χ3n) is 5.79. The topological polar surface area (TPSA) is 131 Å². The van der Waals surface area contributed by atoms with Crippen LogP contribution >= 0.6 is 0 Å². The predicted molar refractivity (Wildman–Crippen MR) is 107 cm³/mol. The molecule has 3 aliphatic rings. The van der Waals surface area contributed by atoms with Crippen molar-refractivity contribution in [1.29, 1.82) is 0 Å². The highest BCUT2D eigenvalue weighted by molar-refractivity contribution is 7.88. The highest BCUT2D eigenvalue weighted by Crippen LogP contribution is 2.33. The van der Waals surface area contributed by atoms with E-state index in [0.29, 0.717) is 17.1 Å². The van der Waals surface area contributed by atoms with Crippen molar-refractivity contribution in [3.63, 3.8) is 0 Å². The average Bonchev–Trinajstić information content (AvgIpc) is 3.35. The number of ether oxygens (including phenoxy) is 2. The zero-order valence-corrected chi connectivity index (χ0v) is 17.6. The molecule has 11 heteroatoms. The molecular weight excluding hydrogens is 412 g/mol. The van der Waals surface area contributed by atoms with Gasteiger partial charge in [-0.25, -0.2) is 8.42 Å². The minimum absolute atomic E-state index is 0.0583. The molecule has 1 saturated carbocycles. The molecule has 0 spiro atoms. The fraction of sp³-hybridized carbons (Fsp3) is 0.579. The molecule has 4 rings (SSSR count). The van der Waals surface area contributed by atoms with Gasteiger partial charge in [-0.3, -0.25) is 9.59 Å². The lowest BCUT2D eigenvalue weighted by molar-refractivity contribution is -0.128. The van der Waals surface area contributed by atoms with Gasteiger partial charge < -0.3 is 25.4 Å². The molecule has 164 valence electrons. The van der Waals surface area contributed by atoms with E-state index in [9.17, 15) is 18.0 Å². The third-order valence-corrected chi connectivity index (χ3v) is 7.02. The van der Waals surface area contributed by atoms with Crippen molar-refractivity contribution in [2.45, 2.75) is 43.9 Å². The van der Waals surface area contributed by atoms with Crippen LogP contribution in [0.5, 0.6) is 11.5 Å². The van der Waals surface area contributed by atoms with E-state index < -0.39 is 28.0 Å². The molecular formula is C19H26N4O6S. The molecule has 1 aromatic rings. The Bertz CT molecular complexity index is 944. The second kappa shape index (κ2) is 8.05. The molecule has 2 amide bonds. The molecule has 0 bridgehead atoms. The lowest BCUT2D eigenvalue weighted by atomic mass is 9.92. The van der Waals surface area contributed by atoms with Crippen molar-refractivity contribution >= 4 is 21.8 Å². The van der Waals surface area contributed by atoms with Crippen LogP contribution in [0.25, 0.3) is 0 Å². The summed E-state index contributed by atoms with van der Waals surface area (Å²) >= 11 is 0. The summed E-state index contributed by atoms with van der Waals surface area (Å²) in [7, 11) is -3.69. The first kappa shape index (κ1) is 20.9. The Labute approximate surface area is 175 Å². The van der Waals surface area contributed by atoms with Gasteiger partial charge in [0.15, 0.2) is 17.7 Å². The summed E-state index contributed by atoms with van der Waals surface area (Å²) in [6.07, 6.45) is 2.87. The summed E-state index contributed by atoms with van der Waals surface area (Å²) in [5.74, 6) is 0.0489. The van der Waals surface area contributed by atoms with Gasteiger partial charge in [-0.2, -0.15) is 4.31 Å². The largest absolute Gasteiger partial charge is 0.454 e. The molecule has 2 fully saturated rings. The number of hydrogen-bond acceptors (Lipinski definition) is 7. The Morgan fingerprint density at radius 2 is 1.80 bits per heavy atom. The number of nitrogens with two attached hydrogens (primary N) is 1. The number of carbonyl (C=O) groups excluding carboxylic acids is 2. The minimum Gasteiger partial charge on any atom is -0.454 e. The summed E-state index contributed by atoms with van der Waals surface area (Å²) in [5, 5.41) is 2.92. The number of nitrogens with zero attached hydrogens (tertiary/aromatic N) is 2. The Balaban J connectivity index is 1.56. The Hall–Kier alpha value is -2.37. The van der Waals surface area contributed by atoms with E-state index in [1.165, 1.54) is 4.90 Å². The van der Waals surface area contributed by atoms with E-state index in [2.05, 4.69) is 5.32 Å². The summed E-state index contributed by atoms with van der Waals surface area (Å²) in [5.41, 5.74) is 6.22. The number of fused-ring (bicyclic) bond motifs is 1. The standard InChI is InChI=1S/C19H26N4O6S/c1-30(26,27)23-9-8-22(18(23)17(24)21-14-5-3-13(20)4-6-14)19(25)12-2-7-15-16(10-12)29-11-28-15/h2,7,10,13-14,18H,3-6,8-9,11,20H2,1H3,(H,21,24). The molecule has 1 unspecified atom stereocenters. The highest BCUT2D eigenvalue weighted by atomic mass is 32.2. The van der Waals surface area contributed by atoms with Crippen molar-refractivity contribution < 1.29 is 27.5 Å². The fourth-order valence-electron chi connectivity index (χ4n) is 4.17. The number of rotatable bonds is 4. The zero-order valence-electron chi connectivity index (χ0n) is 16.7. The van der Waals surface area contributed by atoms with Crippen LogP contribution in [0.2, 0.25) is 0 Å². The quantitative estimate of drug-likeness (QED) is 0.668. The van der Waals surface area contributed by atoms with Gasteiger partial charge in [0.2, 0.25) is 16.8 Å². The number of hydrogen-bond donors (Lipinski definition) is 2. The van der Waals surface area contributed by atoms with Gasteiger partial charge in [-0.15, -0.1) is 0 Å². The minimum atomic E-state index is -3.69. The maximum atomic E-state index is 13.2. The first-order valence-corrected chi connectivity index (χ1v) is 11.8. The monoisotopic (exact) mass is 438 g/mol. The maximum absolute atomic E-state index is 13.2. The summed E-state index contributed by atoms with van der Waals surface area (Å²) in [6.45, 7) is 0.255. The van der Waals surface area contributed by atoms with Gasteiger partial charge in [-0.05, 0) is 43.9 Å². The molecule has 1 aromatic carbocycles. The van der Waals surface area contributed by atoms with Crippen LogP contribution in [0.15, 0.2) is 18.2 Å². The Morgan fingerprint density at radius 3 is 2.50 bits per heavy atom. The van der Waals surface area contributed by atoms with Crippen molar-refractivity contribution in [2.75, 3.05) is 26.1 Å². The van der Waals surface area contributed by atoms with Gasteiger partial charge in [-0.1, -0.05) is 0 Å². The van der Waals surface area contributed by atoms with E-state index in [0.717, 1.165) is 36.2 Å². The van der Waals surface area contributed by atoms with E-state index in [1.54, 1.807) is 18.2 Å². The van der Waals surface area contributed by atoms with Gasteiger partial charge in [0.1, 0.15) is 0 Å². The van der Waals surface area contributed by atoms with E-state index >= 15 is 0 Å². The number of carbonyl (C=O) groups is 2. The second-order valence-electron chi connectivity index (χ2n) is 7.93. The normalized spacial score (nSPS) is 26.6. The smallest absolute Gasteiger partial charge is 0.259 e. The lowest BCUT2D eigenvalue weighted by Gasteiger charge is -2.32. The lowest BCUT2D eigenvalue weighted by Crippen LogP contribution is -2.55. The van der Waals surface area contributed by atoms with Gasteiger partial charge in [0, 0.05) is 30.7 Å². The summed E-state index contributed by atoms with van der Waals surface area (Å²) in [6, 6.07) is 4.80. The van der Waals surface area contributed by atoms with Crippen LogP contribution in [-0.4, -0.2) is 73.8 Å². The molecule has 1 saturated heterocycles. The molecule has 0 aromatic heterocycles. The van der Waals surface area contributed by atoms with Crippen molar-refractivity contribution in [1.82, 2.24) is 14.5 Å². The average molecular weight is 439 g/mol. The maximum Gasteiger partial charge on any atom is 0.259 e. The van der Waals surface area contributed by atoms with Crippen LogP contribution < -0.4 is 20.5 Å². The van der Waals surface area contributed by atoms with Crippen LogP contribution in [-0.2, 0) is 14.8 Å². The van der Waals surface area contributed by atoms with Crippen molar-refractivity contribution in [2.24, 2.45) is 5.73 Å². The fourth-order valence-corrected chi connectivity index (χ4v) is 5.16. The zero-order chi connectivity index (χ0) is 21.5. The van der Waals surface area contributed by atoms with Crippen LogP contribution in [0.3, 0.4) is 0 Å². The Morgan fingerprint density at radius 1 is 1.10 bits per heavy atom. The summed E-state index contributed by atoms with van der Waals surface area (Å²) in [4.78, 5) is 27.6. The van der Waals surface area contributed by atoms with Gasteiger partial charge in [0.05, 0.1) is 6.26 Å². The molecule has 2 heterocycles. The summed E-state index contributed by atoms with van der Waals surface area (Å²) < 4.78 is 36.3. The first-order valence-electron chi connectivity index (χ1n) is 9.97. The van der Waals surface area contributed by atoms with Crippen LogP contribution in [0.1, 0.15) is 36.0 Å². The number of nitrogens with one attached hydrogen (secondary N) is 1. The molecule has 1 aliphatic carbocycles. The molecule has 10 nitrogen and oxygen atoms in total. The molecule has 0 radical (unpaired) electrons. The highest BCUT2D eigenvalue weighted by Gasteiger charge is 2.45. The third kappa shape index (κ3) is 4.09. The SMILES string of the molecule is CS(=O)(=O)N1CCN(C(=O)c2ccc3c(c2)OCO3)C1C(=O)NC1CCC(N)CC1. The predicted octanol–water partition coefficient (Wildman–Crippen LogP) is -0.155. The van der Waals surface area contributed by atoms with Gasteiger partial charge >= 0.3 is 0 Å². The van der Waals surface area contributed by atoms with Crippen LogP contribution in [0.4, 0.5) is 0 Å². The van der Waals surface area contributed by atoms with E-state index in [-0.39, 0.29) is 32.0 Å². The van der Waals surface area contributed by atoms with E-state index in [4.69, 9.17) is 15.2 Å². The number of benzene rings is 1. The van der Waals surface area contributed by atoms with Gasteiger partial charge in [0.25, 0.3) is 11.8 Å². The van der Waals surface area contributed by atoms with Crippen molar-refractivity contribution in [3.05, 3.63) is 23.8 Å². The molecule has 30 heavy (non-hydrogen) atoms. The van der Waals surface area contributed by atoms with E-state index in [1.807, 2.05) is 0 Å². The Kier molecular flexibility index (Phi) is 5.60.